The lowest BCUT2D eigenvalue weighted by molar-refractivity contribution is 0.100. The Kier molecular flexibility index (Phi) is 5.29. The summed E-state index contributed by atoms with van der Waals surface area (Å²) in [6.07, 6.45) is 1.81. The minimum absolute atomic E-state index is 0.332. The zero-order valence-corrected chi connectivity index (χ0v) is 17.9. The van der Waals surface area contributed by atoms with E-state index in [0.717, 1.165) is 16.8 Å². The number of pyridine rings is 1. The van der Waals surface area contributed by atoms with Crippen LogP contribution in [0.4, 0.5) is 5.82 Å². The van der Waals surface area contributed by atoms with Crippen LogP contribution in [0.2, 0.25) is 0 Å². The smallest absolute Gasteiger partial charge is 0.423 e. The predicted molar refractivity (Wildman–Crippen MR) is 124 cm³/mol. The summed E-state index contributed by atoms with van der Waals surface area (Å²) in [7, 11) is -1.52. The van der Waals surface area contributed by atoms with Gasteiger partial charge in [0.25, 0.3) is 5.91 Å². The van der Waals surface area contributed by atoms with Crippen molar-refractivity contribution in [3.63, 3.8) is 0 Å². The van der Waals surface area contributed by atoms with Crippen molar-refractivity contribution in [2.24, 2.45) is 5.73 Å². The van der Waals surface area contributed by atoms with Crippen molar-refractivity contribution in [2.75, 3.05) is 5.32 Å². The van der Waals surface area contributed by atoms with Crippen LogP contribution in [0, 0.1) is 6.92 Å². The number of aromatic nitrogens is 4. The molecule has 0 unspecified atom stereocenters. The molecule has 4 aromatic rings. The molecule has 166 valence electrons. The maximum absolute atomic E-state index is 11.9. The number of nitrogens with zero attached hydrogens (tertiary/aromatic N) is 4. The fourth-order valence-corrected chi connectivity index (χ4v) is 4.11. The number of rotatable bonds is 6. The van der Waals surface area contributed by atoms with E-state index in [-0.39, 0.29) is 0 Å². The van der Waals surface area contributed by atoms with Crippen molar-refractivity contribution < 1.29 is 14.8 Å². The van der Waals surface area contributed by atoms with E-state index in [1.165, 1.54) is 0 Å². The number of amides is 1. The number of carbonyl (C=O) groups excluding carboxylic acids is 1. The Labute approximate surface area is 189 Å². The number of primary amides is 1. The molecule has 5 rings (SSSR count). The van der Waals surface area contributed by atoms with E-state index in [0.29, 0.717) is 59.3 Å². The van der Waals surface area contributed by atoms with Gasteiger partial charge in [0.2, 0.25) is 0 Å². The average molecular weight is 443 g/mol. The molecule has 1 amide bonds. The van der Waals surface area contributed by atoms with Crippen molar-refractivity contribution >= 4 is 30.0 Å². The van der Waals surface area contributed by atoms with Crippen molar-refractivity contribution in [3.05, 3.63) is 70.7 Å². The SMILES string of the molecule is Cc1nc2c(C(N)=O)cccn2c1-c1nc2c(c(NCc3cccc(B(O)O)c3)n1)CNC2. The lowest BCUT2D eigenvalue weighted by atomic mass is 9.79. The number of benzene rings is 1. The van der Waals surface area contributed by atoms with E-state index in [4.69, 9.17) is 15.7 Å². The molecule has 0 aliphatic carbocycles. The van der Waals surface area contributed by atoms with Gasteiger partial charge in [0, 0.05) is 31.4 Å². The highest BCUT2D eigenvalue weighted by atomic mass is 16.4. The van der Waals surface area contributed by atoms with Gasteiger partial charge in [0.15, 0.2) is 5.82 Å². The first-order valence-electron chi connectivity index (χ1n) is 10.5. The van der Waals surface area contributed by atoms with Gasteiger partial charge in [-0.15, -0.1) is 0 Å². The van der Waals surface area contributed by atoms with E-state index in [1.54, 1.807) is 34.7 Å². The summed E-state index contributed by atoms with van der Waals surface area (Å²) in [6.45, 7) is 3.56. The number of fused-ring (bicyclic) bond motifs is 2. The molecule has 1 aliphatic rings. The molecule has 0 bridgehead atoms. The van der Waals surface area contributed by atoms with Crippen LogP contribution in [0.15, 0.2) is 42.6 Å². The summed E-state index contributed by atoms with van der Waals surface area (Å²) in [5, 5.41) is 25.6. The molecule has 0 saturated carbocycles. The number of nitrogens with two attached hydrogens (primary N) is 1. The number of nitrogens with one attached hydrogen (secondary N) is 2. The molecule has 1 aromatic carbocycles. The molecule has 6 N–H and O–H groups in total. The molecule has 10 nitrogen and oxygen atoms in total. The Bertz CT molecular complexity index is 1390. The standard InChI is InChI=1S/C22H22BN7O3/c1-12-18(30-7-3-6-15(19(24)31)22(30)27-12)21-28-17-11-25-10-16(17)20(29-21)26-9-13-4-2-5-14(8-13)23(32)33/h2-8,25,32-33H,9-11H2,1H3,(H2,24,31)(H,26,28,29). The molecule has 0 radical (unpaired) electrons. The third-order valence-corrected chi connectivity index (χ3v) is 5.70. The summed E-state index contributed by atoms with van der Waals surface area (Å²) >= 11 is 0. The summed E-state index contributed by atoms with van der Waals surface area (Å²) < 4.78 is 1.79. The Morgan fingerprint density at radius 2 is 2.06 bits per heavy atom. The number of imidazole rings is 1. The number of aryl methyl sites for hydroxylation is 1. The van der Waals surface area contributed by atoms with Gasteiger partial charge in [0.1, 0.15) is 17.2 Å². The highest BCUT2D eigenvalue weighted by Crippen LogP contribution is 2.29. The van der Waals surface area contributed by atoms with Gasteiger partial charge in [-0.3, -0.25) is 9.20 Å². The topological polar surface area (TPSA) is 151 Å². The van der Waals surface area contributed by atoms with Gasteiger partial charge in [-0.05, 0) is 30.1 Å². The van der Waals surface area contributed by atoms with Crippen LogP contribution in [-0.4, -0.2) is 42.4 Å². The van der Waals surface area contributed by atoms with Crippen molar-refractivity contribution in [3.8, 4) is 11.5 Å². The zero-order valence-electron chi connectivity index (χ0n) is 17.9. The summed E-state index contributed by atoms with van der Waals surface area (Å²) in [4.78, 5) is 26.0. The molecule has 0 saturated heterocycles. The van der Waals surface area contributed by atoms with E-state index in [2.05, 4.69) is 15.6 Å². The number of anilines is 1. The zero-order chi connectivity index (χ0) is 23.1. The molecule has 0 fully saturated rings. The Morgan fingerprint density at radius 3 is 2.85 bits per heavy atom. The molecular formula is C22H22BN7O3. The second kappa shape index (κ2) is 8.28. The van der Waals surface area contributed by atoms with Gasteiger partial charge in [0.05, 0.1) is 17.0 Å². The largest absolute Gasteiger partial charge is 0.488 e. The lowest BCUT2D eigenvalue weighted by Gasteiger charge is -2.13. The first kappa shape index (κ1) is 21.1. The summed E-state index contributed by atoms with van der Waals surface area (Å²) in [5.41, 5.74) is 10.9. The van der Waals surface area contributed by atoms with Gasteiger partial charge in [-0.2, -0.15) is 0 Å². The van der Waals surface area contributed by atoms with E-state index in [1.807, 2.05) is 19.2 Å². The third-order valence-electron chi connectivity index (χ3n) is 5.70. The van der Waals surface area contributed by atoms with Crippen LogP contribution < -0.4 is 21.8 Å². The lowest BCUT2D eigenvalue weighted by Crippen LogP contribution is -2.30. The summed E-state index contributed by atoms with van der Waals surface area (Å²) in [6, 6.07) is 10.5. The first-order valence-corrected chi connectivity index (χ1v) is 10.5. The monoisotopic (exact) mass is 443 g/mol. The number of hydrogen-bond acceptors (Lipinski definition) is 8. The van der Waals surface area contributed by atoms with Crippen LogP contribution in [0.5, 0.6) is 0 Å². The van der Waals surface area contributed by atoms with Crippen LogP contribution >= 0.6 is 0 Å². The molecule has 1 aliphatic heterocycles. The van der Waals surface area contributed by atoms with E-state index in [9.17, 15) is 14.8 Å². The molecule has 0 spiro atoms. The minimum atomic E-state index is -1.52. The maximum atomic E-state index is 11.9. The molecule has 11 heteroatoms. The molecular weight excluding hydrogens is 421 g/mol. The Balaban J connectivity index is 1.56. The van der Waals surface area contributed by atoms with E-state index >= 15 is 0 Å². The highest BCUT2D eigenvalue weighted by molar-refractivity contribution is 6.58. The van der Waals surface area contributed by atoms with Gasteiger partial charge in [-0.25, -0.2) is 15.0 Å². The predicted octanol–water partition coefficient (Wildman–Crippen LogP) is 0.0937. The number of carbonyl (C=O) groups is 1. The number of hydrogen-bond donors (Lipinski definition) is 5. The Morgan fingerprint density at radius 1 is 1.21 bits per heavy atom. The van der Waals surface area contributed by atoms with Crippen LogP contribution in [-0.2, 0) is 19.6 Å². The molecule has 3 aromatic heterocycles. The Hall–Kier alpha value is -3.80. The van der Waals surface area contributed by atoms with Crippen LogP contribution in [0.25, 0.3) is 17.2 Å². The van der Waals surface area contributed by atoms with Crippen molar-refractivity contribution in [1.29, 1.82) is 0 Å². The maximum Gasteiger partial charge on any atom is 0.488 e. The van der Waals surface area contributed by atoms with Crippen molar-refractivity contribution in [2.45, 2.75) is 26.6 Å². The second-order valence-corrected chi connectivity index (χ2v) is 7.92. The highest BCUT2D eigenvalue weighted by Gasteiger charge is 2.23. The van der Waals surface area contributed by atoms with Gasteiger partial charge < -0.3 is 26.4 Å². The second-order valence-electron chi connectivity index (χ2n) is 7.92. The normalized spacial score (nSPS) is 12.7. The van der Waals surface area contributed by atoms with E-state index < -0.39 is 13.0 Å². The fourth-order valence-electron chi connectivity index (χ4n) is 4.11. The van der Waals surface area contributed by atoms with Gasteiger partial charge >= 0.3 is 7.12 Å². The first-order chi connectivity index (χ1) is 15.9. The molecule has 0 atom stereocenters. The summed E-state index contributed by atoms with van der Waals surface area (Å²) in [5.74, 6) is 0.635. The van der Waals surface area contributed by atoms with Crippen molar-refractivity contribution in [1.82, 2.24) is 24.7 Å². The molecule has 33 heavy (non-hydrogen) atoms. The van der Waals surface area contributed by atoms with Crippen LogP contribution in [0.1, 0.15) is 32.9 Å². The van der Waals surface area contributed by atoms with Gasteiger partial charge in [-0.1, -0.05) is 24.3 Å². The minimum Gasteiger partial charge on any atom is -0.423 e. The third kappa shape index (κ3) is 3.82. The fraction of sp³-hybridized carbons (Fsp3) is 0.182. The van der Waals surface area contributed by atoms with Crippen LogP contribution in [0.3, 0.4) is 0 Å². The average Bonchev–Trinajstić information content (AvgIpc) is 3.40. The molecule has 4 heterocycles. The quantitative estimate of drug-likeness (QED) is 0.263.